The summed E-state index contributed by atoms with van der Waals surface area (Å²) in [6, 6.07) is 11.7. The second-order valence-corrected chi connectivity index (χ2v) is 8.46. The molecule has 30 heavy (non-hydrogen) atoms. The van der Waals surface area contributed by atoms with Gasteiger partial charge in [-0.3, -0.25) is 9.59 Å². The van der Waals surface area contributed by atoms with Crippen LogP contribution in [-0.4, -0.2) is 47.8 Å². The summed E-state index contributed by atoms with van der Waals surface area (Å²) in [6.07, 6.45) is -4.40. The summed E-state index contributed by atoms with van der Waals surface area (Å²) < 4.78 is 38.5. The highest BCUT2D eigenvalue weighted by atomic mass is 19.4. The molecular weight excluding hydrogens is 393 g/mol. The van der Waals surface area contributed by atoms with Gasteiger partial charge in [-0.05, 0) is 29.3 Å². The minimum absolute atomic E-state index is 0.0553. The second-order valence-electron chi connectivity index (χ2n) is 8.46. The van der Waals surface area contributed by atoms with Crippen molar-refractivity contribution in [2.24, 2.45) is 5.41 Å². The molecule has 1 fully saturated rings. The highest BCUT2D eigenvalue weighted by molar-refractivity contribution is 6.01. The van der Waals surface area contributed by atoms with Crippen LogP contribution in [0.3, 0.4) is 0 Å². The van der Waals surface area contributed by atoms with Gasteiger partial charge in [0.1, 0.15) is 0 Å². The lowest BCUT2D eigenvalue weighted by molar-refractivity contribution is -0.141. The normalized spacial score (nSPS) is 15.3. The summed E-state index contributed by atoms with van der Waals surface area (Å²) in [5, 5.41) is 0. The van der Waals surface area contributed by atoms with Crippen molar-refractivity contribution < 1.29 is 22.8 Å². The molecule has 1 aliphatic rings. The van der Waals surface area contributed by atoms with E-state index in [1.165, 1.54) is 12.1 Å². The lowest BCUT2D eigenvalue weighted by atomic mass is 9.94. The largest absolute Gasteiger partial charge is 0.416 e. The molecule has 2 amide bonds. The molecule has 7 heteroatoms. The van der Waals surface area contributed by atoms with Crippen LogP contribution in [0.5, 0.6) is 0 Å². The average Bonchev–Trinajstić information content (AvgIpc) is 2.71. The van der Waals surface area contributed by atoms with Crippen LogP contribution in [0.1, 0.15) is 36.7 Å². The minimum atomic E-state index is -4.40. The first-order chi connectivity index (χ1) is 14.0. The number of benzene rings is 2. The fraction of sp³-hybridized carbons (Fsp3) is 0.391. The number of hydrogen-bond donors (Lipinski definition) is 0. The van der Waals surface area contributed by atoms with Crippen molar-refractivity contribution in [1.29, 1.82) is 0 Å². The molecule has 0 radical (unpaired) electrons. The van der Waals surface area contributed by atoms with Crippen molar-refractivity contribution in [3.05, 3.63) is 59.7 Å². The van der Waals surface area contributed by atoms with Gasteiger partial charge in [0, 0.05) is 37.2 Å². The Hall–Kier alpha value is -2.83. The van der Waals surface area contributed by atoms with E-state index in [1.807, 2.05) is 20.8 Å². The zero-order chi connectivity index (χ0) is 22.1. The standard InChI is InChI=1S/C23H25F3N2O2/c1-22(2,3)21(30)28-14-12-27(13-15-28)20(29)19-7-5-4-6-18(19)16-8-10-17(11-9-16)23(24,25)26/h4-11H,12-15H2,1-3H3. The number of piperazine rings is 1. The Balaban J connectivity index is 1.78. The van der Waals surface area contributed by atoms with Gasteiger partial charge < -0.3 is 9.80 Å². The Morgan fingerprint density at radius 2 is 1.33 bits per heavy atom. The van der Waals surface area contributed by atoms with Crippen LogP contribution in [0.4, 0.5) is 13.2 Å². The highest BCUT2D eigenvalue weighted by Gasteiger charge is 2.32. The topological polar surface area (TPSA) is 40.6 Å². The van der Waals surface area contributed by atoms with Gasteiger partial charge in [0.25, 0.3) is 5.91 Å². The number of carbonyl (C=O) groups excluding carboxylic acids is 2. The van der Waals surface area contributed by atoms with Crippen LogP contribution in [0, 0.1) is 5.41 Å². The first-order valence-electron chi connectivity index (χ1n) is 9.84. The molecule has 0 atom stereocenters. The Bertz CT molecular complexity index is 923. The zero-order valence-electron chi connectivity index (χ0n) is 17.3. The van der Waals surface area contributed by atoms with E-state index in [0.717, 1.165) is 12.1 Å². The van der Waals surface area contributed by atoms with Gasteiger partial charge in [-0.2, -0.15) is 13.2 Å². The quantitative estimate of drug-likeness (QED) is 0.709. The molecule has 1 aliphatic heterocycles. The second kappa shape index (κ2) is 8.13. The molecule has 4 nitrogen and oxygen atoms in total. The molecule has 0 saturated carbocycles. The third-order valence-corrected chi connectivity index (χ3v) is 5.18. The van der Waals surface area contributed by atoms with Crippen molar-refractivity contribution in [1.82, 2.24) is 9.80 Å². The lowest BCUT2D eigenvalue weighted by Gasteiger charge is -2.37. The van der Waals surface area contributed by atoms with Crippen LogP contribution in [0.2, 0.25) is 0 Å². The Labute approximate surface area is 174 Å². The number of rotatable bonds is 2. The van der Waals surface area contributed by atoms with Crippen molar-refractivity contribution >= 4 is 11.8 Å². The molecule has 1 saturated heterocycles. The molecule has 0 spiro atoms. The Kier molecular flexibility index (Phi) is 5.92. The predicted molar refractivity (Wildman–Crippen MR) is 109 cm³/mol. The lowest BCUT2D eigenvalue weighted by Crippen LogP contribution is -2.53. The van der Waals surface area contributed by atoms with Crippen LogP contribution in [-0.2, 0) is 11.0 Å². The van der Waals surface area contributed by atoms with E-state index in [2.05, 4.69) is 0 Å². The summed E-state index contributed by atoms with van der Waals surface area (Å²) in [4.78, 5) is 29.0. The van der Waals surface area contributed by atoms with Gasteiger partial charge in [0.2, 0.25) is 5.91 Å². The number of halogens is 3. The summed E-state index contributed by atoms with van der Waals surface area (Å²) in [6.45, 7) is 7.37. The first-order valence-corrected chi connectivity index (χ1v) is 9.84. The molecule has 3 rings (SSSR count). The molecule has 0 N–H and O–H groups in total. The van der Waals surface area contributed by atoms with E-state index in [9.17, 15) is 22.8 Å². The number of alkyl halides is 3. The number of amides is 2. The molecule has 0 unspecified atom stereocenters. The Morgan fingerprint density at radius 1 is 0.800 bits per heavy atom. The molecule has 0 aliphatic carbocycles. The fourth-order valence-electron chi connectivity index (χ4n) is 3.52. The monoisotopic (exact) mass is 418 g/mol. The van der Waals surface area contributed by atoms with Crippen molar-refractivity contribution in [3.8, 4) is 11.1 Å². The molecular formula is C23H25F3N2O2. The summed E-state index contributed by atoms with van der Waals surface area (Å²) >= 11 is 0. The van der Waals surface area contributed by atoms with Gasteiger partial charge in [-0.1, -0.05) is 51.1 Å². The molecule has 2 aromatic rings. The maximum absolute atomic E-state index is 13.1. The maximum Gasteiger partial charge on any atom is 0.416 e. The van der Waals surface area contributed by atoms with E-state index >= 15 is 0 Å². The van der Waals surface area contributed by atoms with Gasteiger partial charge >= 0.3 is 6.18 Å². The summed E-state index contributed by atoms with van der Waals surface area (Å²) in [5.74, 6) is -0.131. The molecule has 0 bridgehead atoms. The third kappa shape index (κ3) is 4.66. The van der Waals surface area contributed by atoms with Gasteiger partial charge in [-0.15, -0.1) is 0 Å². The smallest absolute Gasteiger partial charge is 0.339 e. The average molecular weight is 418 g/mol. The minimum Gasteiger partial charge on any atom is -0.339 e. The first kappa shape index (κ1) is 21.9. The van der Waals surface area contributed by atoms with Crippen molar-refractivity contribution in [3.63, 3.8) is 0 Å². The highest BCUT2D eigenvalue weighted by Crippen LogP contribution is 2.32. The maximum atomic E-state index is 13.1. The van der Waals surface area contributed by atoms with Crippen LogP contribution < -0.4 is 0 Å². The van der Waals surface area contributed by atoms with E-state index in [1.54, 1.807) is 34.1 Å². The van der Waals surface area contributed by atoms with Crippen molar-refractivity contribution in [2.75, 3.05) is 26.2 Å². The van der Waals surface area contributed by atoms with Gasteiger partial charge in [0.05, 0.1) is 5.56 Å². The van der Waals surface area contributed by atoms with E-state index in [0.29, 0.717) is 42.9 Å². The molecule has 160 valence electrons. The summed E-state index contributed by atoms with van der Waals surface area (Å²) in [7, 11) is 0. The molecule has 1 heterocycles. The number of carbonyl (C=O) groups is 2. The van der Waals surface area contributed by atoms with Gasteiger partial charge in [-0.25, -0.2) is 0 Å². The molecule has 2 aromatic carbocycles. The SMILES string of the molecule is CC(C)(C)C(=O)N1CCN(C(=O)c2ccccc2-c2ccc(C(F)(F)F)cc2)CC1. The summed E-state index contributed by atoms with van der Waals surface area (Å²) in [5.41, 5.74) is 0.377. The van der Waals surface area contributed by atoms with E-state index in [4.69, 9.17) is 0 Å². The third-order valence-electron chi connectivity index (χ3n) is 5.18. The Morgan fingerprint density at radius 3 is 1.87 bits per heavy atom. The molecule has 0 aromatic heterocycles. The van der Waals surface area contributed by atoms with Crippen LogP contribution in [0.25, 0.3) is 11.1 Å². The number of nitrogens with zero attached hydrogens (tertiary/aromatic N) is 2. The van der Waals surface area contributed by atoms with Gasteiger partial charge in [0.15, 0.2) is 0 Å². The predicted octanol–water partition coefficient (Wildman–Crippen LogP) is 4.70. The van der Waals surface area contributed by atoms with Crippen molar-refractivity contribution in [2.45, 2.75) is 26.9 Å². The fourth-order valence-corrected chi connectivity index (χ4v) is 3.52. The zero-order valence-corrected chi connectivity index (χ0v) is 17.3. The van der Waals surface area contributed by atoms with Crippen LogP contribution in [0.15, 0.2) is 48.5 Å². The van der Waals surface area contributed by atoms with E-state index < -0.39 is 17.2 Å². The van der Waals surface area contributed by atoms with Crippen LogP contribution >= 0.6 is 0 Å². The number of hydrogen-bond acceptors (Lipinski definition) is 2. The van der Waals surface area contributed by atoms with E-state index in [-0.39, 0.29) is 11.8 Å².